The largest absolute Gasteiger partial charge is 0.481 e. The Morgan fingerprint density at radius 2 is 1.75 bits per heavy atom. The minimum absolute atomic E-state index is 0.0216. The summed E-state index contributed by atoms with van der Waals surface area (Å²) in [5.74, 6) is 1.44. The summed E-state index contributed by atoms with van der Waals surface area (Å²) in [7, 11) is 0. The number of rotatable bonds is 1. The Balaban J connectivity index is 0.000000660. The summed E-state index contributed by atoms with van der Waals surface area (Å²) in [6, 6.07) is 0.229. The molecule has 4 rings (SSSR count). The average molecular weight is 392 g/mol. The van der Waals surface area contributed by atoms with E-state index in [1.54, 1.807) is 6.08 Å². The van der Waals surface area contributed by atoms with E-state index in [-0.39, 0.29) is 28.7 Å². The highest BCUT2D eigenvalue weighted by molar-refractivity contribution is 5.89. The predicted octanol–water partition coefficient (Wildman–Crippen LogP) is 5.28. The van der Waals surface area contributed by atoms with Crippen LogP contribution in [0.1, 0.15) is 80.6 Å². The number of amides is 1. The summed E-state index contributed by atoms with van der Waals surface area (Å²) in [5.41, 5.74) is -0.0280. The maximum atomic E-state index is 11.8. The third-order valence-corrected chi connectivity index (χ3v) is 8.36. The predicted molar refractivity (Wildman–Crippen MR) is 114 cm³/mol. The van der Waals surface area contributed by atoms with Crippen molar-refractivity contribution in [1.82, 2.24) is 5.32 Å². The lowest BCUT2D eigenvalue weighted by atomic mass is 9.45. The van der Waals surface area contributed by atoms with Gasteiger partial charge in [-0.25, -0.2) is 0 Å². The van der Waals surface area contributed by atoms with Crippen LogP contribution in [-0.2, 0) is 9.59 Å². The molecule has 8 atom stereocenters. The lowest BCUT2D eigenvalue weighted by Gasteiger charge is -2.60. The number of carboxylic acids is 1. The molecule has 1 aliphatic heterocycles. The zero-order valence-corrected chi connectivity index (χ0v) is 18.9. The lowest BCUT2D eigenvalue weighted by molar-refractivity contribution is -0.151. The van der Waals surface area contributed by atoms with Gasteiger partial charge in [-0.05, 0) is 67.3 Å². The first-order valence-corrected chi connectivity index (χ1v) is 11.5. The molecule has 4 nitrogen and oxygen atoms in total. The number of nitrogens with one attached hydrogen (secondary N) is 1. The second-order valence-corrected chi connectivity index (χ2v) is 9.28. The monoisotopic (exact) mass is 391 g/mol. The summed E-state index contributed by atoms with van der Waals surface area (Å²) in [6.07, 6.45) is 8.86. The zero-order valence-electron chi connectivity index (χ0n) is 18.9. The molecule has 8 unspecified atom stereocenters. The van der Waals surface area contributed by atoms with Gasteiger partial charge >= 0.3 is 5.97 Å². The molecule has 3 saturated carbocycles. The molecule has 2 N–H and O–H groups in total. The van der Waals surface area contributed by atoms with Crippen LogP contribution >= 0.6 is 0 Å². The normalized spacial score (nSPS) is 45.8. The van der Waals surface area contributed by atoms with Crippen molar-refractivity contribution in [2.75, 3.05) is 0 Å². The highest BCUT2D eigenvalue weighted by Gasteiger charge is 2.62. The zero-order chi connectivity index (χ0) is 21.3. The fourth-order valence-corrected chi connectivity index (χ4v) is 7.09. The number of hydrogen-bond acceptors (Lipinski definition) is 2. The minimum Gasteiger partial charge on any atom is -0.481 e. The first-order chi connectivity index (χ1) is 13.3. The Labute approximate surface area is 171 Å². The number of carbonyl (C=O) groups excluding carboxylic acids is 1. The summed E-state index contributed by atoms with van der Waals surface area (Å²) in [5, 5.41) is 12.9. The molecule has 3 fully saturated rings. The minimum atomic E-state index is -0.601. The second-order valence-electron chi connectivity index (χ2n) is 9.28. The Morgan fingerprint density at radius 1 is 1.11 bits per heavy atom. The maximum absolute atomic E-state index is 11.8. The van der Waals surface area contributed by atoms with Gasteiger partial charge in [-0.1, -0.05) is 54.5 Å². The van der Waals surface area contributed by atoms with Gasteiger partial charge in [0.05, 0.1) is 5.92 Å². The molecular formula is C24H41NO3. The molecule has 1 heterocycles. The van der Waals surface area contributed by atoms with Gasteiger partial charge in [0.2, 0.25) is 5.91 Å². The summed E-state index contributed by atoms with van der Waals surface area (Å²) in [6.45, 7) is 14.9. The summed E-state index contributed by atoms with van der Waals surface area (Å²) < 4.78 is 0. The van der Waals surface area contributed by atoms with Gasteiger partial charge in [-0.3, -0.25) is 9.59 Å². The number of aliphatic carboxylic acids is 1. The van der Waals surface area contributed by atoms with Crippen LogP contribution in [-0.4, -0.2) is 23.0 Å². The van der Waals surface area contributed by atoms with Crippen molar-refractivity contribution in [2.45, 2.75) is 86.6 Å². The first kappa shape index (κ1) is 23.0. The topological polar surface area (TPSA) is 66.4 Å². The molecular weight excluding hydrogens is 350 g/mol. The molecule has 1 amide bonds. The van der Waals surface area contributed by atoms with E-state index in [4.69, 9.17) is 0 Å². The van der Waals surface area contributed by atoms with Crippen molar-refractivity contribution in [3.8, 4) is 0 Å². The van der Waals surface area contributed by atoms with Crippen LogP contribution in [0.2, 0.25) is 0 Å². The van der Waals surface area contributed by atoms with Crippen LogP contribution in [0, 0.1) is 40.4 Å². The van der Waals surface area contributed by atoms with E-state index >= 15 is 0 Å². The average Bonchev–Trinajstić information content (AvgIpc) is 3.04. The fraction of sp³-hybridized carbons (Fsp3) is 0.833. The van der Waals surface area contributed by atoms with Crippen LogP contribution in [0.5, 0.6) is 0 Å². The standard InChI is InChI=1S/C20H29NO3.2C2H6/c1-11-10-15-20(3,9-7-16(22)21-15)13-6-8-19(2)12(17(11)13)4-5-14(19)18(23)24;2*1-2/h7,9,11-15,17H,4-6,8,10H2,1-3H3,(H,21,22)(H,23,24);2*1-2H3. The molecule has 0 bridgehead atoms. The Kier molecular flexibility index (Phi) is 7.04. The van der Waals surface area contributed by atoms with Crippen molar-refractivity contribution in [3.63, 3.8) is 0 Å². The van der Waals surface area contributed by atoms with Crippen molar-refractivity contribution >= 4 is 11.9 Å². The van der Waals surface area contributed by atoms with Crippen LogP contribution in [0.15, 0.2) is 12.2 Å². The molecule has 0 aromatic carbocycles. The third kappa shape index (κ3) is 3.41. The number of fused-ring (bicyclic) bond motifs is 5. The van der Waals surface area contributed by atoms with Gasteiger partial charge in [0, 0.05) is 11.5 Å². The van der Waals surface area contributed by atoms with Gasteiger partial charge in [0.15, 0.2) is 0 Å². The number of carboxylic acid groups (broad SMARTS) is 1. The Morgan fingerprint density at radius 3 is 2.36 bits per heavy atom. The Bertz CT molecular complexity index is 615. The van der Waals surface area contributed by atoms with E-state index in [9.17, 15) is 14.7 Å². The molecule has 160 valence electrons. The first-order valence-electron chi connectivity index (χ1n) is 11.5. The van der Waals surface area contributed by atoms with Crippen LogP contribution in [0.3, 0.4) is 0 Å². The maximum Gasteiger partial charge on any atom is 0.307 e. The molecule has 28 heavy (non-hydrogen) atoms. The molecule has 0 aromatic heterocycles. The third-order valence-electron chi connectivity index (χ3n) is 8.36. The number of hydrogen-bond donors (Lipinski definition) is 2. The van der Waals surface area contributed by atoms with Crippen LogP contribution < -0.4 is 5.32 Å². The molecule has 4 aliphatic rings. The van der Waals surface area contributed by atoms with Gasteiger partial charge < -0.3 is 10.4 Å². The molecule has 4 heteroatoms. The van der Waals surface area contributed by atoms with E-state index in [0.29, 0.717) is 23.7 Å². The fourth-order valence-electron chi connectivity index (χ4n) is 7.09. The molecule has 0 spiro atoms. The van der Waals surface area contributed by atoms with E-state index < -0.39 is 5.97 Å². The van der Waals surface area contributed by atoms with Crippen LogP contribution in [0.4, 0.5) is 0 Å². The van der Waals surface area contributed by atoms with Crippen molar-refractivity contribution in [3.05, 3.63) is 12.2 Å². The summed E-state index contributed by atoms with van der Waals surface area (Å²) >= 11 is 0. The highest BCUT2D eigenvalue weighted by Crippen LogP contribution is 2.66. The van der Waals surface area contributed by atoms with Crippen LogP contribution in [0.25, 0.3) is 0 Å². The van der Waals surface area contributed by atoms with Crippen molar-refractivity contribution < 1.29 is 14.7 Å². The SMILES string of the molecule is CC.CC.CC1CC2NC(=O)C=CC2(C)C2CCC3(C)C(C(=O)O)CCC3C12. The molecule has 3 aliphatic carbocycles. The van der Waals surface area contributed by atoms with Crippen molar-refractivity contribution in [2.24, 2.45) is 40.4 Å². The van der Waals surface area contributed by atoms with E-state index in [1.807, 2.05) is 27.7 Å². The van der Waals surface area contributed by atoms with E-state index in [0.717, 1.165) is 32.1 Å². The highest BCUT2D eigenvalue weighted by atomic mass is 16.4. The molecule has 0 aromatic rings. The van der Waals surface area contributed by atoms with Crippen molar-refractivity contribution in [1.29, 1.82) is 0 Å². The van der Waals surface area contributed by atoms with Gasteiger partial charge in [0.25, 0.3) is 0 Å². The quantitative estimate of drug-likeness (QED) is 0.639. The number of carbonyl (C=O) groups is 2. The van der Waals surface area contributed by atoms with Gasteiger partial charge in [-0.15, -0.1) is 0 Å². The van der Waals surface area contributed by atoms with E-state index in [1.165, 1.54) is 0 Å². The van der Waals surface area contributed by atoms with Gasteiger partial charge in [0.1, 0.15) is 0 Å². The molecule has 0 radical (unpaired) electrons. The summed E-state index contributed by atoms with van der Waals surface area (Å²) in [4.78, 5) is 23.6. The lowest BCUT2D eigenvalue weighted by Crippen LogP contribution is -2.61. The molecule has 0 saturated heterocycles. The van der Waals surface area contributed by atoms with Gasteiger partial charge in [-0.2, -0.15) is 0 Å². The smallest absolute Gasteiger partial charge is 0.307 e. The Hall–Kier alpha value is -1.32. The van der Waals surface area contributed by atoms with E-state index in [2.05, 4.69) is 32.2 Å². The second kappa shape index (κ2) is 8.59.